The summed E-state index contributed by atoms with van der Waals surface area (Å²) in [6.07, 6.45) is 8.54. The van der Waals surface area contributed by atoms with Crippen molar-refractivity contribution in [1.29, 1.82) is 0 Å². The topological polar surface area (TPSA) is 50.2 Å². The van der Waals surface area contributed by atoms with E-state index in [9.17, 15) is 4.79 Å². The Bertz CT molecular complexity index is 901. The Labute approximate surface area is 166 Å². The van der Waals surface area contributed by atoms with Crippen LogP contribution in [0.3, 0.4) is 0 Å². The number of fused-ring (bicyclic) bond motifs is 1. The molecule has 0 radical (unpaired) electrons. The number of hydrogen-bond acceptors (Lipinski definition) is 3. The molecule has 28 heavy (non-hydrogen) atoms. The molecular formula is C23H28N4O. The van der Waals surface area contributed by atoms with Gasteiger partial charge in [-0.1, -0.05) is 42.5 Å². The van der Waals surface area contributed by atoms with Gasteiger partial charge in [-0.15, -0.1) is 0 Å². The molecule has 1 unspecified atom stereocenters. The minimum Gasteiger partial charge on any atom is -0.356 e. The lowest BCUT2D eigenvalue weighted by atomic mass is 9.96. The van der Waals surface area contributed by atoms with Crippen LogP contribution >= 0.6 is 0 Å². The molecule has 0 spiro atoms. The first-order valence-corrected chi connectivity index (χ1v) is 10.2. The van der Waals surface area contributed by atoms with E-state index in [0.717, 1.165) is 52.0 Å². The van der Waals surface area contributed by atoms with Crippen LogP contribution in [0.15, 0.2) is 61.2 Å². The van der Waals surface area contributed by atoms with E-state index in [2.05, 4.69) is 57.7 Å². The Balaban J connectivity index is 1.29. The molecule has 1 aromatic heterocycles. The van der Waals surface area contributed by atoms with Gasteiger partial charge in [0.15, 0.2) is 0 Å². The van der Waals surface area contributed by atoms with Crippen LogP contribution in [0.2, 0.25) is 0 Å². The first-order valence-electron chi connectivity index (χ1n) is 10.2. The Hall–Kier alpha value is -2.66. The normalized spacial score (nSPS) is 17.6. The Morgan fingerprint density at radius 3 is 2.96 bits per heavy atom. The van der Waals surface area contributed by atoms with E-state index in [-0.39, 0.29) is 11.8 Å². The van der Waals surface area contributed by atoms with Gasteiger partial charge in [-0.2, -0.15) is 0 Å². The molecule has 1 aliphatic rings. The molecule has 1 atom stereocenters. The van der Waals surface area contributed by atoms with E-state index in [1.54, 1.807) is 6.20 Å². The van der Waals surface area contributed by atoms with E-state index in [0.29, 0.717) is 0 Å². The standard InChI is InChI=1S/C23H28N4O/c28-23(25-11-5-14-26-15-12-24-18-26)21-9-4-13-27(17-21)16-20-8-3-7-19-6-1-2-10-22(19)20/h1-3,6-8,10,12,15,18,21H,4-5,9,11,13-14,16-17H2,(H,25,28). The van der Waals surface area contributed by atoms with E-state index < -0.39 is 0 Å². The Kier molecular flexibility index (Phi) is 6.02. The Morgan fingerprint density at radius 2 is 2.07 bits per heavy atom. The summed E-state index contributed by atoms with van der Waals surface area (Å²) in [6.45, 7) is 4.42. The third-order valence-electron chi connectivity index (χ3n) is 5.60. The van der Waals surface area contributed by atoms with Crippen molar-refractivity contribution in [1.82, 2.24) is 19.8 Å². The van der Waals surface area contributed by atoms with Gasteiger partial charge in [0.1, 0.15) is 0 Å². The lowest BCUT2D eigenvalue weighted by molar-refractivity contribution is -0.126. The average molecular weight is 377 g/mol. The number of aromatic nitrogens is 2. The summed E-state index contributed by atoms with van der Waals surface area (Å²) < 4.78 is 2.04. The van der Waals surface area contributed by atoms with E-state index >= 15 is 0 Å². The summed E-state index contributed by atoms with van der Waals surface area (Å²) >= 11 is 0. The van der Waals surface area contributed by atoms with Crippen molar-refractivity contribution in [2.75, 3.05) is 19.6 Å². The fourth-order valence-corrected chi connectivity index (χ4v) is 4.12. The summed E-state index contributed by atoms with van der Waals surface area (Å²) in [4.78, 5) is 19.1. The first-order chi connectivity index (χ1) is 13.8. The third kappa shape index (κ3) is 4.60. The van der Waals surface area contributed by atoms with Crippen molar-refractivity contribution in [2.24, 2.45) is 5.92 Å². The number of nitrogens with one attached hydrogen (secondary N) is 1. The minimum atomic E-state index is 0.0944. The molecule has 1 aliphatic heterocycles. The molecule has 0 aliphatic carbocycles. The zero-order chi connectivity index (χ0) is 19.2. The van der Waals surface area contributed by atoms with Gasteiger partial charge >= 0.3 is 0 Å². The second-order valence-electron chi connectivity index (χ2n) is 7.66. The van der Waals surface area contributed by atoms with Crippen molar-refractivity contribution >= 4 is 16.7 Å². The number of carbonyl (C=O) groups excluding carboxylic acids is 1. The second-order valence-corrected chi connectivity index (χ2v) is 7.66. The highest BCUT2D eigenvalue weighted by Crippen LogP contribution is 2.23. The number of hydrogen-bond donors (Lipinski definition) is 1. The van der Waals surface area contributed by atoms with Crippen LogP contribution in [-0.4, -0.2) is 40.0 Å². The average Bonchev–Trinajstić information content (AvgIpc) is 3.25. The molecule has 2 heterocycles. The number of benzene rings is 2. The molecule has 5 nitrogen and oxygen atoms in total. The number of carbonyl (C=O) groups is 1. The van der Waals surface area contributed by atoms with Gasteiger partial charge in [0, 0.05) is 38.6 Å². The van der Waals surface area contributed by atoms with Crippen LogP contribution < -0.4 is 5.32 Å². The van der Waals surface area contributed by atoms with Gasteiger partial charge in [0.05, 0.1) is 12.2 Å². The van der Waals surface area contributed by atoms with Crippen molar-refractivity contribution < 1.29 is 4.79 Å². The molecule has 5 heteroatoms. The maximum absolute atomic E-state index is 12.6. The molecule has 3 aromatic rings. The maximum atomic E-state index is 12.6. The fraction of sp³-hybridized carbons (Fsp3) is 0.391. The quantitative estimate of drug-likeness (QED) is 0.643. The fourth-order valence-electron chi connectivity index (χ4n) is 4.12. The van der Waals surface area contributed by atoms with Crippen LogP contribution in [0, 0.1) is 5.92 Å². The van der Waals surface area contributed by atoms with Gasteiger partial charge < -0.3 is 9.88 Å². The molecule has 1 fully saturated rings. The summed E-state index contributed by atoms with van der Waals surface area (Å²) in [5.41, 5.74) is 1.35. The number of rotatable bonds is 7. The van der Waals surface area contributed by atoms with Crippen molar-refractivity contribution in [3.8, 4) is 0 Å². The largest absolute Gasteiger partial charge is 0.356 e. The predicted molar refractivity (Wildman–Crippen MR) is 112 cm³/mol. The van der Waals surface area contributed by atoms with E-state index in [4.69, 9.17) is 0 Å². The summed E-state index contributed by atoms with van der Waals surface area (Å²) in [5, 5.41) is 5.73. The SMILES string of the molecule is O=C(NCCCn1ccnc1)C1CCCN(Cc2cccc3ccccc23)C1. The molecule has 2 aromatic carbocycles. The zero-order valence-electron chi connectivity index (χ0n) is 16.3. The van der Waals surface area contributed by atoms with Crippen molar-refractivity contribution in [3.63, 3.8) is 0 Å². The summed E-state index contributed by atoms with van der Waals surface area (Å²) in [6, 6.07) is 15.0. The maximum Gasteiger partial charge on any atom is 0.224 e. The molecule has 0 saturated carbocycles. The number of likely N-dealkylation sites (tertiary alicyclic amines) is 1. The van der Waals surface area contributed by atoms with Crippen LogP contribution in [0.1, 0.15) is 24.8 Å². The van der Waals surface area contributed by atoms with Gasteiger partial charge in [-0.3, -0.25) is 9.69 Å². The molecule has 1 N–H and O–H groups in total. The van der Waals surface area contributed by atoms with Gasteiger partial charge in [-0.25, -0.2) is 4.98 Å². The molecule has 4 rings (SSSR count). The predicted octanol–water partition coefficient (Wildman–Crippen LogP) is 3.45. The Morgan fingerprint density at radius 1 is 1.18 bits per heavy atom. The number of nitrogens with zero attached hydrogens (tertiary/aromatic N) is 3. The molecule has 1 saturated heterocycles. The van der Waals surface area contributed by atoms with Gasteiger partial charge in [0.2, 0.25) is 5.91 Å². The highest BCUT2D eigenvalue weighted by atomic mass is 16.1. The van der Waals surface area contributed by atoms with Crippen LogP contribution in [0.25, 0.3) is 10.8 Å². The number of amides is 1. The monoisotopic (exact) mass is 376 g/mol. The molecule has 146 valence electrons. The minimum absolute atomic E-state index is 0.0944. The number of piperidine rings is 1. The molecule has 0 bridgehead atoms. The van der Waals surface area contributed by atoms with Crippen LogP contribution in [-0.2, 0) is 17.9 Å². The highest BCUT2D eigenvalue weighted by Gasteiger charge is 2.25. The lowest BCUT2D eigenvalue weighted by Gasteiger charge is -2.32. The smallest absolute Gasteiger partial charge is 0.224 e. The van der Waals surface area contributed by atoms with Crippen LogP contribution in [0.4, 0.5) is 0 Å². The highest BCUT2D eigenvalue weighted by molar-refractivity contribution is 5.85. The van der Waals surface area contributed by atoms with E-state index in [1.807, 2.05) is 17.1 Å². The van der Waals surface area contributed by atoms with Gasteiger partial charge in [0.25, 0.3) is 0 Å². The first kappa shape index (κ1) is 18.7. The van der Waals surface area contributed by atoms with E-state index in [1.165, 1.54) is 16.3 Å². The molecule has 1 amide bonds. The van der Waals surface area contributed by atoms with Crippen molar-refractivity contribution in [3.05, 3.63) is 66.7 Å². The molecular weight excluding hydrogens is 348 g/mol. The third-order valence-corrected chi connectivity index (χ3v) is 5.60. The van der Waals surface area contributed by atoms with Crippen LogP contribution in [0.5, 0.6) is 0 Å². The van der Waals surface area contributed by atoms with Crippen molar-refractivity contribution in [2.45, 2.75) is 32.4 Å². The second kappa shape index (κ2) is 9.02. The van der Waals surface area contributed by atoms with Gasteiger partial charge in [-0.05, 0) is 42.1 Å². The number of imidazole rings is 1. The summed E-state index contributed by atoms with van der Waals surface area (Å²) in [5.74, 6) is 0.297. The summed E-state index contributed by atoms with van der Waals surface area (Å²) in [7, 11) is 0. The number of aryl methyl sites for hydroxylation is 1. The lowest BCUT2D eigenvalue weighted by Crippen LogP contribution is -2.43. The zero-order valence-corrected chi connectivity index (χ0v) is 16.3.